The van der Waals surface area contributed by atoms with Crippen LogP contribution in [0.15, 0.2) is 48.5 Å². The fourth-order valence-electron chi connectivity index (χ4n) is 3.15. The summed E-state index contributed by atoms with van der Waals surface area (Å²) in [4.78, 5) is 26.1. The molecule has 3 rings (SSSR count). The van der Waals surface area contributed by atoms with E-state index in [9.17, 15) is 19.8 Å². The minimum atomic E-state index is -1.84. The summed E-state index contributed by atoms with van der Waals surface area (Å²) in [6, 6.07) is 14.7. The van der Waals surface area contributed by atoms with Crippen LogP contribution in [0.1, 0.15) is 16.7 Å². The largest absolute Gasteiger partial charge is 0.380 e. The van der Waals surface area contributed by atoms with Gasteiger partial charge in [0.05, 0.1) is 0 Å². The van der Waals surface area contributed by atoms with E-state index in [-0.39, 0.29) is 6.54 Å². The number of nitrogens with one attached hydrogen (secondary N) is 1. The summed E-state index contributed by atoms with van der Waals surface area (Å²) in [6.07, 6.45) is -2.97. The van der Waals surface area contributed by atoms with Gasteiger partial charge >= 0.3 is 0 Å². The van der Waals surface area contributed by atoms with Crippen LogP contribution in [0, 0.1) is 0 Å². The van der Waals surface area contributed by atoms with Crippen LogP contribution in [-0.2, 0) is 29.1 Å². The van der Waals surface area contributed by atoms with Crippen LogP contribution < -0.4 is 10.8 Å². The molecule has 27 heavy (non-hydrogen) atoms. The monoisotopic (exact) mass is 364 g/mol. The SMILES string of the molecule is [B]c1cccc(CNC(=O)[C@@H](O)[C@H](O)C(=O)N2CCc3ccccc3C2)c1. The van der Waals surface area contributed by atoms with Crippen molar-refractivity contribution in [2.45, 2.75) is 31.7 Å². The van der Waals surface area contributed by atoms with Gasteiger partial charge in [-0.25, -0.2) is 0 Å². The van der Waals surface area contributed by atoms with E-state index in [1.807, 2.05) is 24.3 Å². The molecule has 1 aliphatic rings. The Balaban J connectivity index is 1.57. The molecule has 2 amide bonds. The van der Waals surface area contributed by atoms with Crippen molar-refractivity contribution in [1.29, 1.82) is 0 Å². The average molecular weight is 364 g/mol. The molecule has 1 aliphatic heterocycles. The van der Waals surface area contributed by atoms with Crippen molar-refractivity contribution in [1.82, 2.24) is 10.2 Å². The Morgan fingerprint density at radius 3 is 2.56 bits per heavy atom. The Kier molecular flexibility index (Phi) is 5.93. The number of aliphatic hydroxyl groups is 2. The summed E-state index contributed by atoms with van der Waals surface area (Å²) in [5.41, 5.74) is 3.48. The molecule has 0 saturated heterocycles. The van der Waals surface area contributed by atoms with Crippen LogP contribution in [0.4, 0.5) is 0 Å². The molecule has 138 valence electrons. The van der Waals surface area contributed by atoms with Crippen molar-refractivity contribution in [2.75, 3.05) is 6.54 Å². The Bertz CT molecular complexity index is 842. The Morgan fingerprint density at radius 1 is 1.07 bits per heavy atom. The van der Waals surface area contributed by atoms with E-state index >= 15 is 0 Å². The normalized spacial score (nSPS) is 15.6. The third-order valence-corrected chi connectivity index (χ3v) is 4.68. The van der Waals surface area contributed by atoms with Crippen molar-refractivity contribution >= 4 is 25.1 Å². The Morgan fingerprint density at radius 2 is 1.81 bits per heavy atom. The van der Waals surface area contributed by atoms with Crippen molar-refractivity contribution in [3.63, 3.8) is 0 Å². The fraction of sp³-hybridized carbons (Fsp3) is 0.300. The highest BCUT2D eigenvalue weighted by Crippen LogP contribution is 2.19. The van der Waals surface area contributed by atoms with Crippen molar-refractivity contribution < 1.29 is 19.8 Å². The van der Waals surface area contributed by atoms with Crippen molar-refractivity contribution in [2.24, 2.45) is 0 Å². The zero-order valence-electron chi connectivity index (χ0n) is 14.8. The number of benzene rings is 2. The molecule has 7 heteroatoms. The van der Waals surface area contributed by atoms with Crippen LogP contribution >= 0.6 is 0 Å². The third kappa shape index (κ3) is 4.56. The van der Waals surface area contributed by atoms with Gasteiger partial charge in [0.2, 0.25) is 0 Å². The quantitative estimate of drug-likeness (QED) is 0.619. The number of hydrogen-bond acceptors (Lipinski definition) is 4. The Labute approximate surface area is 159 Å². The molecule has 6 nitrogen and oxygen atoms in total. The second kappa shape index (κ2) is 8.37. The standard InChI is InChI=1S/C20H21BN2O4/c21-16-7-3-4-13(10-16)11-22-19(26)17(24)18(25)20(27)23-9-8-14-5-1-2-6-15(14)12-23/h1-7,10,17-18,24-25H,8-9,11-12H2,(H,22,26)/t17-,18-/m0/s1. The van der Waals surface area contributed by atoms with Crippen LogP contribution in [0.3, 0.4) is 0 Å². The number of fused-ring (bicyclic) bond motifs is 1. The van der Waals surface area contributed by atoms with Crippen LogP contribution in [-0.4, -0.2) is 53.5 Å². The maximum atomic E-state index is 12.5. The molecule has 0 aliphatic carbocycles. The minimum absolute atomic E-state index is 0.138. The second-order valence-electron chi connectivity index (χ2n) is 6.63. The average Bonchev–Trinajstić information content (AvgIpc) is 2.70. The summed E-state index contributed by atoms with van der Waals surface area (Å²) < 4.78 is 0. The molecule has 2 aromatic rings. The van der Waals surface area contributed by atoms with Gasteiger partial charge in [-0.2, -0.15) is 0 Å². The predicted octanol–water partition coefficient (Wildman–Crippen LogP) is -0.597. The first-order valence-corrected chi connectivity index (χ1v) is 8.79. The number of hydrogen-bond donors (Lipinski definition) is 3. The van der Waals surface area contributed by atoms with Gasteiger partial charge in [-0.3, -0.25) is 9.59 Å². The van der Waals surface area contributed by atoms with Gasteiger partial charge in [0.15, 0.2) is 12.2 Å². The van der Waals surface area contributed by atoms with E-state index in [2.05, 4.69) is 5.32 Å². The molecule has 0 saturated carbocycles. The highest BCUT2D eigenvalue weighted by molar-refractivity contribution is 6.32. The summed E-state index contributed by atoms with van der Waals surface area (Å²) >= 11 is 0. The molecule has 0 bridgehead atoms. The molecular formula is C20H21BN2O4. The number of rotatable bonds is 5. The van der Waals surface area contributed by atoms with Crippen molar-refractivity contribution in [3.8, 4) is 0 Å². The number of amides is 2. The molecule has 0 fully saturated rings. The van der Waals surface area contributed by atoms with Gasteiger partial charge in [0, 0.05) is 19.6 Å². The first kappa shape index (κ1) is 19.1. The Hall–Kier alpha value is -2.64. The topological polar surface area (TPSA) is 89.9 Å². The summed E-state index contributed by atoms with van der Waals surface area (Å²) in [6.45, 7) is 0.924. The van der Waals surface area contributed by atoms with Gasteiger partial charge in [-0.05, 0) is 23.1 Å². The lowest BCUT2D eigenvalue weighted by molar-refractivity contribution is -0.153. The van der Waals surface area contributed by atoms with E-state index in [1.165, 1.54) is 4.90 Å². The first-order chi connectivity index (χ1) is 13.0. The van der Waals surface area contributed by atoms with Crippen LogP contribution in [0.25, 0.3) is 0 Å². The van der Waals surface area contributed by atoms with Crippen LogP contribution in [0.2, 0.25) is 0 Å². The van der Waals surface area contributed by atoms with Gasteiger partial charge < -0.3 is 20.4 Å². The summed E-state index contributed by atoms with van der Waals surface area (Å²) in [7, 11) is 5.68. The van der Waals surface area contributed by atoms with Gasteiger partial charge in [-0.15, -0.1) is 0 Å². The fourth-order valence-corrected chi connectivity index (χ4v) is 3.15. The molecule has 0 aromatic heterocycles. The molecule has 0 spiro atoms. The molecule has 0 unspecified atom stereocenters. The van der Waals surface area contributed by atoms with E-state index in [4.69, 9.17) is 7.85 Å². The number of carbonyl (C=O) groups is 2. The van der Waals surface area contributed by atoms with Crippen LogP contribution in [0.5, 0.6) is 0 Å². The lowest BCUT2D eigenvalue weighted by Gasteiger charge is -2.31. The van der Waals surface area contributed by atoms with Gasteiger partial charge in [0.1, 0.15) is 7.85 Å². The van der Waals surface area contributed by atoms with E-state index in [0.717, 1.165) is 16.7 Å². The summed E-state index contributed by atoms with van der Waals surface area (Å²) in [5.74, 6) is -1.47. The molecule has 2 radical (unpaired) electrons. The number of aliphatic hydroxyl groups excluding tert-OH is 2. The van der Waals surface area contributed by atoms with Gasteiger partial charge in [-0.1, -0.05) is 54.0 Å². The smallest absolute Gasteiger partial charge is 0.255 e. The van der Waals surface area contributed by atoms with Gasteiger partial charge in [0.25, 0.3) is 11.8 Å². The maximum Gasteiger partial charge on any atom is 0.255 e. The predicted molar refractivity (Wildman–Crippen MR) is 101 cm³/mol. The lowest BCUT2D eigenvalue weighted by atomic mass is 9.94. The zero-order valence-corrected chi connectivity index (χ0v) is 14.8. The first-order valence-electron chi connectivity index (χ1n) is 8.79. The molecule has 2 atom stereocenters. The number of carbonyl (C=O) groups excluding carboxylic acids is 2. The van der Waals surface area contributed by atoms with E-state index in [0.29, 0.717) is 25.0 Å². The minimum Gasteiger partial charge on any atom is -0.380 e. The third-order valence-electron chi connectivity index (χ3n) is 4.68. The van der Waals surface area contributed by atoms with E-state index < -0.39 is 24.0 Å². The van der Waals surface area contributed by atoms with Crippen molar-refractivity contribution in [3.05, 3.63) is 65.2 Å². The number of nitrogens with zero attached hydrogens (tertiary/aromatic N) is 1. The second-order valence-corrected chi connectivity index (χ2v) is 6.63. The molecule has 2 aromatic carbocycles. The zero-order chi connectivity index (χ0) is 19.4. The lowest BCUT2D eigenvalue weighted by Crippen LogP contribution is -2.51. The molecule has 3 N–H and O–H groups in total. The maximum absolute atomic E-state index is 12.5. The highest BCUT2D eigenvalue weighted by Gasteiger charge is 2.34. The van der Waals surface area contributed by atoms with E-state index in [1.54, 1.807) is 24.3 Å². The molecular weight excluding hydrogens is 343 g/mol. The molecule has 1 heterocycles. The highest BCUT2D eigenvalue weighted by atomic mass is 16.3. The summed E-state index contributed by atoms with van der Waals surface area (Å²) in [5, 5.41) is 22.8.